The molecule has 0 saturated heterocycles. The Bertz CT molecular complexity index is 572. The van der Waals surface area contributed by atoms with Crippen LogP contribution in [0, 0.1) is 6.92 Å². The minimum absolute atomic E-state index is 0.0720. The molecule has 1 atom stereocenters. The average molecular weight is 306 g/mol. The first kappa shape index (κ1) is 17.5. The van der Waals surface area contributed by atoms with Crippen LogP contribution in [0.15, 0.2) is 18.2 Å². The van der Waals surface area contributed by atoms with Crippen molar-refractivity contribution in [1.29, 1.82) is 0 Å². The molecule has 0 saturated carbocycles. The van der Waals surface area contributed by atoms with Crippen LogP contribution in [0.5, 0.6) is 0 Å². The molecule has 0 bridgehead atoms. The van der Waals surface area contributed by atoms with Crippen LogP contribution in [0.25, 0.3) is 0 Å². The summed E-state index contributed by atoms with van der Waals surface area (Å²) in [6.45, 7) is 5.89. The Labute approximate surface area is 129 Å². The van der Waals surface area contributed by atoms with E-state index in [4.69, 9.17) is 5.73 Å². The lowest BCUT2D eigenvalue weighted by Crippen LogP contribution is -2.38. The van der Waals surface area contributed by atoms with Crippen LogP contribution < -0.4 is 21.7 Å². The standard InChI is InChI=1S/C15H22N4O3/c1-4-17-14(21)11-5-6-12(9(2)7-11)19-15(22)18-10(3)8-13(16)20/h5-7,10H,4,8H2,1-3H3,(H2,16,20)(H,17,21)(H2,18,19,22)/t10-/m0/s1. The number of primary amides is 1. The molecule has 1 aromatic carbocycles. The highest BCUT2D eigenvalue weighted by molar-refractivity contribution is 5.96. The summed E-state index contributed by atoms with van der Waals surface area (Å²) in [4.78, 5) is 34.3. The summed E-state index contributed by atoms with van der Waals surface area (Å²) >= 11 is 0. The van der Waals surface area contributed by atoms with Crippen LogP contribution in [0.2, 0.25) is 0 Å². The molecule has 0 aromatic heterocycles. The van der Waals surface area contributed by atoms with E-state index in [0.717, 1.165) is 5.56 Å². The number of carbonyl (C=O) groups excluding carboxylic acids is 3. The molecule has 0 spiro atoms. The highest BCUT2D eigenvalue weighted by atomic mass is 16.2. The van der Waals surface area contributed by atoms with Crippen LogP contribution in [0.4, 0.5) is 10.5 Å². The summed E-state index contributed by atoms with van der Waals surface area (Å²) < 4.78 is 0. The Morgan fingerprint density at radius 1 is 1.27 bits per heavy atom. The Morgan fingerprint density at radius 2 is 1.95 bits per heavy atom. The topological polar surface area (TPSA) is 113 Å². The second kappa shape index (κ2) is 8.02. The zero-order valence-corrected chi connectivity index (χ0v) is 13.0. The molecular weight excluding hydrogens is 284 g/mol. The number of benzene rings is 1. The molecule has 5 N–H and O–H groups in total. The highest BCUT2D eigenvalue weighted by Crippen LogP contribution is 2.16. The van der Waals surface area contributed by atoms with Crippen LogP contribution in [0.1, 0.15) is 36.2 Å². The second-order valence-corrected chi connectivity index (χ2v) is 5.06. The first-order chi connectivity index (χ1) is 10.3. The molecule has 120 valence electrons. The maximum Gasteiger partial charge on any atom is 0.319 e. The quantitative estimate of drug-likeness (QED) is 0.631. The minimum atomic E-state index is -0.477. The third kappa shape index (κ3) is 5.43. The van der Waals surface area contributed by atoms with Gasteiger partial charge >= 0.3 is 6.03 Å². The summed E-state index contributed by atoms with van der Waals surface area (Å²) in [6, 6.07) is 4.22. The van der Waals surface area contributed by atoms with E-state index in [1.54, 1.807) is 32.0 Å². The normalized spacial score (nSPS) is 11.4. The van der Waals surface area contributed by atoms with Gasteiger partial charge in [0, 0.05) is 30.3 Å². The van der Waals surface area contributed by atoms with Crippen molar-refractivity contribution in [3.05, 3.63) is 29.3 Å². The molecular formula is C15H22N4O3. The third-order valence-corrected chi connectivity index (χ3v) is 2.96. The highest BCUT2D eigenvalue weighted by Gasteiger charge is 2.12. The van der Waals surface area contributed by atoms with Crippen molar-refractivity contribution in [2.24, 2.45) is 5.73 Å². The molecule has 1 rings (SSSR count). The molecule has 7 heteroatoms. The van der Waals surface area contributed by atoms with Gasteiger partial charge in [-0.3, -0.25) is 9.59 Å². The molecule has 0 aliphatic heterocycles. The van der Waals surface area contributed by atoms with E-state index in [9.17, 15) is 14.4 Å². The molecule has 0 aliphatic carbocycles. The molecule has 0 aliphatic rings. The number of nitrogens with one attached hydrogen (secondary N) is 3. The second-order valence-electron chi connectivity index (χ2n) is 5.06. The van der Waals surface area contributed by atoms with Gasteiger partial charge in [0.05, 0.1) is 0 Å². The summed E-state index contributed by atoms with van der Waals surface area (Å²) in [7, 11) is 0. The van der Waals surface area contributed by atoms with Crippen LogP contribution >= 0.6 is 0 Å². The van der Waals surface area contributed by atoms with E-state index in [-0.39, 0.29) is 18.4 Å². The molecule has 0 radical (unpaired) electrons. The van der Waals surface area contributed by atoms with Gasteiger partial charge in [-0.1, -0.05) is 0 Å². The van der Waals surface area contributed by atoms with Crippen molar-refractivity contribution in [2.75, 3.05) is 11.9 Å². The first-order valence-electron chi connectivity index (χ1n) is 7.08. The van der Waals surface area contributed by atoms with Gasteiger partial charge in [-0.2, -0.15) is 0 Å². The van der Waals surface area contributed by atoms with Crippen LogP contribution in [0.3, 0.4) is 0 Å². The zero-order valence-electron chi connectivity index (χ0n) is 13.0. The number of hydrogen-bond donors (Lipinski definition) is 4. The average Bonchev–Trinajstić information content (AvgIpc) is 2.40. The maximum atomic E-state index is 11.8. The monoisotopic (exact) mass is 306 g/mol. The zero-order chi connectivity index (χ0) is 16.7. The number of hydrogen-bond acceptors (Lipinski definition) is 3. The summed E-state index contributed by atoms with van der Waals surface area (Å²) in [6.07, 6.45) is 0.0720. The summed E-state index contributed by atoms with van der Waals surface area (Å²) in [5.41, 5.74) is 6.96. The van der Waals surface area contributed by atoms with Gasteiger partial charge in [-0.15, -0.1) is 0 Å². The van der Waals surface area contributed by atoms with Crippen molar-refractivity contribution < 1.29 is 14.4 Å². The van der Waals surface area contributed by atoms with Crippen molar-refractivity contribution in [1.82, 2.24) is 10.6 Å². The minimum Gasteiger partial charge on any atom is -0.370 e. The molecule has 0 fully saturated rings. The predicted molar refractivity (Wildman–Crippen MR) is 84.6 cm³/mol. The number of anilines is 1. The molecule has 0 unspecified atom stereocenters. The molecule has 0 heterocycles. The predicted octanol–water partition coefficient (Wildman–Crippen LogP) is 1.13. The largest absolute Gasteiger partial charge is 0.370 e. The lowest BCUT2D eigenvalue weighted by molar-refractivity contribution is -0.118. The fourth-order valence-electron chi connectivity index (χ4n) is 1.94. The number of aryl methyl sites for hydroxylation is 1. The number of carbonyl (C=O) groups is 3. The smallest absolute Gasteiger partial charge is 0.319 e. The lowest BCUT2D eigenvalue weighted by atomic mass is 10.1. The molecule has 22 heavy (non-hydrogen) atoms. The fraction of sp³-hybridized carbons (Fsp3) is 0.400. The molecule has 1 aromatic rings. The van der Waals surface area contributed by atoms with E-state index in [1.165, 1.54) is 0 Å². The Hall–Kier alpha value is -2.57. The fourth-order valence-corrected chi connectivity index (χ4v) is 1.94. The van der Waals surface area contributed by atoms with E-state index in [0.29, 0.717) is 17.8 Å². The van der Waals surface area contributed by atoms with Gasteiger partial charge in [0.15, 0.2) is 0 Å². The lowest BCUT2D eigenvalue weighted by Gasteiger charge is -2.14. The van der Waals surface area contributed by atoms with Gasteiger partial charge in [-0.25, -0.2) is 4.79 Å². The van der Waals surface area contributed by atoms with Crippen molar-refractivity contribution in [3.8, 4) is 0 Å². The van der Waals surface area contributed by atoms with E-state index in [2.05, 4.69) is 16.0 Å². The Balaban J connectivity index is 2.68. The molecule has 4 amide bonds. The Kier molecular flexibility index (Phi) is 6.37. The number of nitrogens with two attached hydrogens (primary N) is 1. The Morgan fingerprint density at radius 3 is 2.50 bits per heavy atom. The van der Waals surface area contributed by atoms with E-state index in [1.807, 2.05) is 6.92 Å². The van der Waals surface area contributed by atoms with Crippen molar-refractivity contribution in [3.63, 3.8) is 0 Å². The number of amides is 4. The maximum absolute atomic E-state index is 11.8. The van der Waals surface area contributed by atoms with Gasteiger partial charge in [0.1, 0.15) is 0 Å². The van der Waals surface area contributed by atoms with Crippen molar-refractivity contribution in [2.45, 2.75) is 33.2 Å². The first-order valence-corrected chi connectivity index (χ1v) is 7.08. The third-order valence-electron chi connectivity index (χ3n) is 2.96. The summed E-state index contributed by atoms with van der Waals surface area (Å²) in [5, 5.41) is 8.00. The van der Waals surface area contributed by atoms with Crippen molar-refractivity contribution >= 4 is 23.5 Å². The van der Waals surface area contributed by atoms with Gasteiger partial charge in [0.2, 0.25) is 5.91 Å². The van der Waals surface area contributed by atoms with E-state index >= 15 is 0 Å². The summed E-state index contributed by atoms with van der Waals surface area (Å²) in [5.74, 6) is -0.632. The van der Waals surface area contributed by atoms with Gasteiger partial charge in [-0.05, 0) is 44.5 Å². The van der Waals surface area contributed by atoms with Crippen LogP contribution in [-0.2, 0) is 4.79 Å². The SMILES string of the molecule is CCNC(=O)c1ccc(NC(=O)N[C@@H](C)CC(N)=O)c(C)c1. The molecule has 7 nitrogen and oxygen atoms in total. The van der Waals surface area contributed by atoms with Gasteiger partial charge < -0.3 is 21.7 Å². The van der Waals surface area contributed by atoms with Gasteiger partial charge in [0.25, 0.3) is 5.91 Å². The number of rotatable bonds is 6. The van der Waals surface area contributed by atoms with E-state index < -0.39 is 11.9 Å². The van der Waals surface area contributed by atoms with Crippen LogP contribution in [-0.4, -0.2) is 30.4 Å². The number of urea groups is 1.